The molecule has 0 saturated carbocycles. The van der Waals surface area contributed by atoms with Crippen LogP contribution in [0, 0.1) is 5.41 Å². The minimum absolute atomic E-state index is 0.0912. The Morgan fingerprint density at radius 1 is 1.38 bits per heavy atom. The molecule has 0 aliphatic carbocycles. The summed E-state index contributed by atoms with van der Waals surface area (Å²) in [5.74, 6) is 0. The number of alkyl carbamates (subject to hydrolysis) is 1. The zero-order valence-electron chi connectivity index (χ0n) is 12.5. The summed E-state index contributed by atoms with van der Waals surface area (Å²) < 4.78 is 5.01. The summed E-state index contributed by atoms with van der Waals surface area (Å²) in [6, 6.07) is 9.28. The van der Waals surface area contributed by atoms with Gasteiger partial charge in [-0.25, -0.2) is 4.79 Å². The number of ether oxygens (including phenoxy) is 1. The van der Waals surface area contributed by atoms with Crippen LogP contribution < -0.4 is 5.32 Å². The molecule has 1 amide bonds. The number of rotatable bonds is 7. The average molecular weight is 293 g/mol. The van der Waals surface area contributed by atoms with Crippen molar-refractivity contribution in [2.24, 2.45) is 5.41 Å². The highest BCUT2D eigenvalue weighted by atomic mass is 16.5. The molecule has 0 bridgehead atoms. The van der Waals surface area contributed by atoms with Gasteiger partial charge in [-0.15, -0.1) is 6.58 Å². The van der Waals surface area contributed by atoms with Crippen LogP contribution >= 0.6 is 0 Å². The first-order valence-electron chi connectivity index (χ1n) is 6.81. The topological polar surface area (TPSA) is 78.8 Å². The van der Waals surface area contributed by atoms with Crippen LogP contribution in [0.1, 0.15) is 19.4 Å². The Bertz CT molecular complexity index is 459. The van der Waals surface area contributed by atoms with Gasteiger partial charge in [-0.05, 0) is 5.56 Å². The van der Waals surface area contributed by atoms with Gasteiger partial charge in [0.25, 0.3) is 0 Å². The molecule has 116 valence electrons. The molecular formula is C16H23NO4. The summed E-state index contributed by atoms with van der Waals surface area (Å²) >= 11 is 0. The summed E-state index contributed by atoms with van der Waals surface area (Å²) in [7, 11) is 0. The minimum atomic E-state index is -1.10. The molecule has 0 fully saturated rings. The molecule has 1 rings (SSSR count). The van der Waals surface area contributed by atoms with E-state index in [0.29, 0.717) is 0 Å². The normalized spacial score (nSPS) is 14.1. The molecule has 5 nitrogen and oxygen atoms in total. The molecule has 0 aliphatic rings. The van der Waals surface area contributed by atoms with Crippen LogP contribution in [0.2, 0.25) is 0 Å². The Morgan fingerprint density at radius 2 is 2.00 bits per heavy atom. The van der Waals surface area contributed by atoms with E-state index in [1.807, 2.05) is 30.3 Å². The fraction of sp³-hybridized carbons (Fsp3) is 0.438. The molecule has 0 spiro atoms. The smallest absolute Gasteiger partial charge is 0.407 e. The zero-order valence-corrected chi connectivity index (χ0v) is 12.5. The van der Waals surface area contributed by atoms with Crippen molar-refractivity contribution in [1.29, 1.82) is 0 Å². The zero-order chi connectivity index (χ0) is 15.9. The maximum Gasteiger partial charge on any atom is 0.407 e. The Labute approximate surface area is 125 Å². The van der Waals surface area contributed by atoms with Gasteiger partial charge in [0.1, 0.15) is 6.61 Å². The van der Waals surface area contributed by atoms with Crippen LogP contribution in [-0.2, 0) is 11.3 Å². The molecule has 0 unspecified atom stereocenters. The van der Waals surface area contributed by atoms with E-state index in [9.17, 15) is 15.0 Å². The van der Waals surface area contributed by atoms with E-state index in [1.54, 1.807) is 19.9 Å². The van der Waals surface area contributed by atoms with Crippen molar-refractivity contribution >= 4 is 6.09 Å². The van der Waals surface area contributed by atoms with E-state index >= 15 is 0 Å². The van der Waals surface area contributed by atoms with Gasteiger partial charge < -0.3 is 20.3 Å². The predicted octanol–water partition coefficient (Wildman–Crippen LogP) is 1.85. The molecule has 5 heteroatoms. The highest BCUT2D eigenvalue weighted by molar-refractivity contribution is 5.67. The molecule has 2 atom stereocenters. The first-order chi connectivity index (χ1) is 9.86. The van der Waals surface area contributed by atoms with Gasteiger partial charge >= 0.3 is 6.09 Å². The van der Waals surface area contributed by atoms with Gasteiger partial charge in [0.05, 0.1) is 12.2 Å². The lowest BCUT2D eigenvalue weighted by Gasteiger charge is -2.30. The van der Waals surface area contributed by atoms with E-state index in [-0.39, 0.29) is 13.2 Å². The Kier molecular flexibility index (Phi) is 6.39. The van der Waals surface area contributed by atoms with Crippen molar-refractivity contribution in [2.75, 3.05) is 6.54 Å². The number of aliphatic hydroxyl groups excluding tert-OH is 2. The van der Waals surface area contributed by atoms with Gasteiger partial charge in [-0.3, -0.25) is 0 Å². The average Bonchev–Trinajstić information content (AvgIpc) is 2.50. The third-order valence-corrected chi connectivity index (χ3v) is 3.32. The number of carbonyl (C=O) groups excluding carboxylic acids is 1. The molecule has 3 N–H and O–H groups in total. The van der Waals surface area contributed by atoms with Crippen LogP contribution in [0.3, 0.4) is 0 Å². The number of amides is 1. The first kappa shape index (κ1) is 17.2. The molecule has 1 aromatic rings. The fourth-order valence-electron chi connectivity index (χ4n) is 1.69. The maximum atomic E-state index is 11.5. The van der Waals surface area contributed by atoms with Gasteiger partial charge in [-0.1, -0.05) is 50.3 Å². The minimum Gasteiger partial charge on any atom is -0.445 e. The van der Waals surface area contributed by atoms with Gasteiger partial charge in [-0.2, -0.15) is 0 Å². The number of aliphatic hydroxyl groups is 2. The largest absolute Gasteiger partial charge is 0.445 e. The summed E-state index contributed by atoms with van der Waals surface area (Å²) in [6.07, 6.45) is -1.19. The van der Waals surface area contributed by atoms with Crippen molar-refractivity contribution in [3.05, 3.63) is 48.6 Å². The molecule has 0 aliphatic heterocycles. The van der Waals surface area contributed by atoms with Crippen molar-refractivity contribution in [1.82, 2.24) is 5.32 Å². The number of benzene rings is 1. The summed E-state index contributed by atoms with van der Waals surface area (Å²) in [4.78, 5) is 11.5. The quantitative estimate of drug-likeness (QED) is 0.670. The molecule has 0 heterocycles. The second kappa shape index (κ2) is 7.81. The Morgan fingerprint density at radius 3 is 2.57 bits per heavy atom. The molecule has 0 radical (unpaired) electrons. The lowest BCUT2D eigenvalue weighted by Crippen LogP contribution is -2.45. The predicted molar refractivity (Wildman–Crippen MR) is 80.6 cm³/mol. The van der Waals surface area contributed by atoms with Crippen molar-refractivity contribution in [3.63, 3.8) is 0 Å². The van der Waals surface area contributed by atoms with Crippen molar-refractivity contribution < 1.29 is 19.7 Å². The number of carbonyl (C=O) groups is 1. The standard InChI is InChI=1S/C16H23NO4/c1-4-16(2,3)14(19)13(18)10-17-15(20)21-11-12-8-6-5-7-9-12/h4-9,13-14,18-19H,1,10-11H2,2-3H3,(H,17,20)/t13-,14+/m0/s1. The monoisotopic (exact) mass is 293 g/mol. The maximum absolute atomic E-state index is 11.5. The van der Waals surface area contributed by atoms with E-state index in [4.69, 9.17) is 4.74 Å². The number of hydrogen-bond acceptors (Lipinski definition) is 4. The van der Waals surface area contributed by atoms with Crippen LogP contribution in [0.4, 0.5) is 4.79 Å². The Balaban J connectivity index is 2.34. The van der Waals surface area contributed by atoms with Crippen LogP contribution in [0.25, 0.3) is 0 Å². The third-order valence-electron chi connectivity index (χ3n) is 3.32. The first-order valence-corrected chi connectivity index (χ1v) is 6.81. The van der Waals surface area contributed by atoms with E-state index in [0.717, 1.165) is 5.56 Å². The summed E-state index contributed by atoms with van der Waals surface area (Å²) in [5.41, 5.74) is 0.232. The van der Waals surface area contributed by atoms with Crippen LogP contribution in [0.15, 0.2) is 43.0 Å². The number of hydrogen-bond donors (Lipinski definition) is 3. The molecule has 21 heavy (non-hydrogen) atoms. The summed E-state index contributed by atoms with van der Waals surface area (Å²) in [5, 5.41) is 22.2. The van der Waals surface area contributed by atoms with Gasteiger partial charge in [0.2, 0.25) is 0 Å². The second-order valence-electron chi connectivity index (χ2n) is 5.48. The lowest BCUT2D eigenvalue weighted by molar-refractivity contribution is -0.0317. The van der Waals surface area contributed by atoms with E-state index < -0.39 is 23.7 Å². The van der Waals surface area contributed by atoms with Gasteiger partial charge in [0, 0.05) is 12.0 Å². The number of nitrogens with one attached hydrogen (secondary N) is 1. The van der Waals surface area contributed by atoms with Crippen LogP contribution in [-0.4, -0.2) is 35.1 Å². The highest BCUT2D eigenvalue weighted by Crippen LogP contribution is 2.23. The molecule has 0 aromatic heterocycles. The lowest BCUT2D eigenvalue weighted by atomic mass is 9.84. The van der Waals surface area contributed by atoms with Gasteiger partial charge in [0.15, 0.2) is 0 Å². The fourth-order valence-corrected chi connectivity index (χ4v) is 1.69. The van der Waals surface area contributed by atoms with E-state index in [2.05, 4.69) is 11.9 Å². The molecular weight excluding hydrogens is 270 g/mol. The highest BCUT2D eigenvalue weighted by Gasteiger charge is 2.30. The third kappa shape index (κ3) is 5.57. The van der Waals surface area contributed by atoms with Crippen molar-refractivity contribution in [2.45, 2.75) is 32.7 Å². The Hall–Kier alpha value is -1.85. The van der Waals surface area contributed by atoms with E-state index in [1.165, 1.54) is 0 Å². The second-order valence-corrected chi connectivity index (χ2v) is 5.48. The molecule has 1 aromatic carbocycles. The molecule has 0 saturated heterocycles. The SMILES string of the molecule is C=CC(C)(C)[C@H](O)[C@@H](O)CNC(=O)OCc1ccccc1. The summed E-state index contributed by atoms with van der Waals surface area (Å²) in [6.45, 7) is 7.18. The van der Waals surface area contributed by atoms with Crippen molar-refractivity contribution in [3.8, 4) is 0 Å². The van der Waals surface area contributed by atoms with Crippen LogP contribution in [0.5, 0.6) is 0 Å².